The lowest BCUT2D eigenvalue weighted by Crippen LogP contribution is -2.25. The van der Waals surface area contributed by atoms with Gasteiger partial charge in [0, 0.05) is 13.1 Å². The van der Waals surface area contributed by atoms with Gasteiger partial charge in [-0.05, 0) is 13.5 Å². The fourth-order valence-corrected chi connectivity index (χ4v) is 1.23. The number of likely N-dealkylation sites (N-methyl/N-ethyl adjacent to an activating group) is 1. The van der Waals surface area contributed by atoms with Crippen LogP contribution in [0.2, 0.25) is 0 Å². The van der Waals surface area contributed by atoms with E-state index >= 15 is 0 Å². The first-order chi connectivity index (χ1) is 5.47. The topological polar surface area (TPSA) is 3.24 Å². The predicted molar refractivity (Wildman–Crippen MR) is 40.9 cm³/mol. The van der Waals surface area contributed by atoms with Gasteiger partial charge in [0.1, 0.15) is 0 Å². The zero-order valence-corrected chi connectivity index (χ0v) is 6.99. The van der Waals surface area contributed by atoms with Crippen molar-refractivity contribution in [3.8, 4) is 0 Å². The van der Waals surface area contributed by atoms with Gasteiger partial charge in [-0.1, -0.05) is 11.6 Å². The standard InChI is InChI=1S/C8H12F3N/c1-12-4-2-7(3-5-12)6-8(9,10)11/h2H,3-6H2,1H3. The fourth-order valence-electron chi connectivity index (χ4n) is 1.23. The minimum absolute atomic E-state index is 0.528. The van der Waals surface area contributed by atoms with Crippen LogP contribution in [0.3, 0.4) is 0 Å². The first-order valence-corrected chi connectivity index (χ1v) is 3.90. The molecule has 0 aromatic heterocycles. The van der Waals surface area contributed by atoms with Gasteiger partial charge >= 0.3 is 6.18 Å². The van der Waals surface area contributed by atoms with Crippen LogP contribution < -0.4 is 0 Å². The van der Waals surface area contributed by atoms with Crippen LogP contribution in [-0.2, 0) is 0 Å². The number of nitrogens with zero attached hydrogens (tertiary/aromatic N) is 1. The molecule has 0 spiro atoms. The summed E-state index contributed by atoms with van der Waals surface area (Å²) in [5.41, 5.74) is 0.528. The molecular weight excluding hydrogens is 167 g/mol. The quantitative estimate of drug-likeness (QED) is 0.558. The van der Waals surface area contributed by atoms with Crippen LogP contribution in [0.4, 0.5) is 13.2 Å². The molecule has 0 saturated heterocycles. The first-order valence-electron chi connectivity index (χ1n) is 3.90. The SMILES string of the molecule is CN1CC=C(CC(F)(F)F)CC1. The molecule has 0 N–H and O–H groups in total. The van der Waals surface area contributed by atoms with Crippen LogP contribution in [-0.4, -0.2) is 31.2 Å². The van der Waals surface area contributed by atoms with E-state index in [1.807, 2.05) is 11.9 Å². The van der Waals surface area contributed by atoms with E-state index in [1.54, 1.807) is 6.08 Å². The highest BCUT2D eigenvalue weighted by molar-refractivity contribution is 5.08. The summed E-state index contributed by atoms with van der Waals surface area (Å²) in [5.74, 6) is 0. The van der Waals surface area contributed by atoms with Gasteiger partial charge in [-0.15, -0.1) is 0 Å². The Kier molecular flexibility index (Phi) is 2.77. The molecule has 1 nitrogen and oxygen atoms in total. The van der Waals surface area contributed by atoms with E-state index in [1.165, 1.54) is 0 Å². The van der Waals surface area contributed by atoms with Gasteiger partial charge in [-0.25, -0.2) is 0 Å². The molecule has 0 aromatic carbocycles. The second kappa shape index (κ2) is 3.47. The zero-order valence-electron chi connectivity index (χ0n) is 6.99. The van der Waals surface area contributed by atoms with E-state index in [9.17, 15) is 13.2 Å². The van der Waals surface area contributed by atoms with Crippen molar-refractivity contribution in [2.45, 2.75) is 19.0 Å². The second-order valence-electron chi connectivity index (χ2n) is 3.17. The molecule has 12 heavy (non-hydrogen) atoms. The molecule has 1 aliphatic rings. The largest absolute Gasteiger partial charge is 0.392 e. The van der Waals surface area contributed by atoms with Crippen LogP contribution in [0.15, 0.2) is 11.6 Å². The van der Waals surface area contributed by atoms with Crippen LogP contribution in [0.1, 0.15) is 12.8 Å². The Labute approximate surface area is 69.9 Å². The van der Waals surface area contributed by atoms with Crippen molar-refractivity contribution in [1.29, 1.82) is 0 Å². The summed E-state index contributed by atoms with van der Waals surface area (Å²) in [7, 11) is 1.90. The predicted octanol–water partition coefficient (Wildman–Crippen LogP) is 2.20. The van der Waals surface area contributed by atoms with E-state index in [0.29, 0.717) is 18.5 Å². The van der Waals surface area contributed by atoms with Gasteiger partial charge in [-0.3, -0.25) is 0 Å². The van der Waals surface area contributed by atoms with Crippen LogP contribution >= 0.6 is 0 Å². The zero-order chi connectivity index (χ0) is 9.19. The summed E-state index contributed by atoms with van der Waals surface area (Å²) in [4.78, 5) is 2.00. The highest BCUT2D eigenvalue weighted by Crippen LogP contribution is 2.27. The monoisotopic (exact) mass is 179 g/mol. The van der Waals surface area contributed by atoms with E-state index in [-0.39, 0.29) is 0 Å². The van der Waals surface area contributed by atoms with E-state index in [2.05, 4.69) is 0 Å². The van der Waals surface area contributed by atoms with Crippen molar-refractivity contribution >= 4 is 0 Å². The average molecular weight is 179 g/mol. The maximum absolute atomic E-state index is 11.9. The highest BCUT2D eigenvalue weighted by atomic mass is 19.4. The molecule has 0 saturated carbocycles. The normalized spacial score (nSPS) is 20.8. The summed E-state index contributed by atoms with van der Waals surface area (Å²) >= 11 is 0. The fraction of sp³-hybridized carbons (Fsp3) is 0.750. The van der Waals surface area contributed by atoms with Crippen LogP contribution in [0.5, 0.6) is 0 Å². The smallest absolute Gasteiger partial charge is 0.302 e. The van der Waals surface area contributed by atoms with Crippen molar-refractivity contribution in [3.05, 3.63) is 11.6 Å². The summed E-state index contributed by atoms with van der Waals surface area (Å²) < 4.78 is 35.6. The number of hydrogen-bond acceptors (Lipinski definition) is 1. The Balaban J connectivity index is 2.44. The molecule has 4 heteroatoms. The van der Waals surface area contributed by atoms with Gasteiger partial charge in [0.15, 0.2) is 0 Å². The Morgan fingerprint density at radius 2 is 2.17 bits per heavy atom. The van der Waals surface area contributed by atoms with Gasteiger partial charge < -0.3 is 4.90 Å². The Morgan fingerprint density at radius 1 is 1.50 bits per heavy atom. The van der Waals surface area contributed by atoms with E-state index in [4.69, 9.17) is 0 Å². The maximum atomic E-state index is 11.9. The number of halogens is 3. The summed E-state index contributed by atoms with van der Waals surface area (Å²) in [6, 6.07) is 0. The van der Waals surface area contributed by atoms with Crippen molar-refractivity contribution in [2.75, 3.05) is 20.1 Å². The van der Waals surface area contributed by atoms with E-state index in [0.717, 1.165) is 6.54 Å². The highest BCUT2D eigenvalue weighted by Gasteiger charge is 2.29. The number of hydrogen-bond donors (Lipinski definition) is 0. The minimum atomic E-state index is -4.04. The molecule has 0 amide bonds. The third kappa shape index (κ3) is 3.26. The molecule has 0 atom stereocenters. The summed E-state index contributed by atoms with van der Waals surface area (Å²) in [6.07, 6.45) is -2.55. The average Bonchev–Trinajstić information content (AvgIpc) is 1.91. The van der Waals surface area contributed by atoms with Gasteiger partial charge in [0.2, 0.25) is 0 Å². The van der Waals surface area contributed by atoms with Crippen LogP contribution in [0.25, 0.3) is 0 Å². The van der Waals surface area contributed by atoms with Crippen molar-refractivity contribution in [1.82, 2.24) is 4.90 Å². The van der Waals surface area contributed by atoms with Gasteiger partial charge in [0.05, 0.1) is 6.42 Å². The number of alkyl halides is 3. The molecule has 0 bridgehead atoms. The lowest BCUT2D eigenvalue weighted by Gasteiger charge is -2.22. The molecule has 0 unspecified atom stereocenters. The molecule has 70 valence electrons. The molecule has 1 heterocycles. The van der Waals surface area contributed by atoms with Gasteiger partial charge in [-0.2, -0.15) is 13.2 Å². The lowest BCUT2D eigenvalue weighted by atomic mass is 10.1. The van der Waals surface area contributed by atoms with Crippen molar-refractivity contribution in [2.24, 2.45) is 0 Å². The lowest BCUT2D eigenvalue weighted by molar-refractivity contribution is -0.127. The third-order valence-electron chi connectivity index (χ3n) is 1.93. The second-order valence-corrected chi connectivity index (χ2v) is 3.17. The summed E-state index contributed by atoms with van der Waals surface area (Å²) in [6.45, 7) is 1.38. The molecule has 1 rings (SSSR count). The molecule has 0 aliphatic carbocycles. The number of rotatable bonds is 1. The molecule has 0 radical (unpaired) electrons. The molecule has 0 aromatic rings. The first kappa shape index (κ1) is 9.58. The minimum Gasteiger partial charge on any atom is -0.302 e. The maximum Gasteiger partial charge on any atom is 0.392 e. The Morgan fingerprint density at radius 3 is 2.58 bits per heavy atom. The Bertz CT molecular complexity index is 183. The van der Waals surface area contributed by atoms with Crippen molar-refractivity contribution in [3.63, 3.8) is 0 Å². The van der Waals surface area contributed by atoms with E-state index < -0.39 is 12.6 Å². The molecular formula is C8H12F3N. The molecule has 0 fully saturated rings. The summed E-state index contributed by atoms with van der Waals surface area (Å²) in [5, 5.41) is 0. The van der Waals surface area contributed by atoms with Gasteiger partial charge in [0.25, 0.3) is 0 Å². The molecule has 1 aliphatic heterocycles. The Hall–Kier alpha value is -0.510. The van der Waals surface area contributed by atoms with Crippen molar-refractivity contribution < 1.29 is 13.2 Å². The van der Waals surface area contributed by atoms with Crippen LogP contribution in [0, 0.1) is 0 Å². The third-order valence-corrected chi connectivity index (χ3v) is 1.93.